The molecule has 0 saturated carbocycles. The maximum Gasteiger partial charge on any atom is 0.274 e. The summed E-state index contributed by atoms with van der Waals surface area (Å²) < 4.78 is 0. The highest BCUT2D eigenvalue weighted by Gasteiger charge is 2.12. The van der Waals surface area contributed by atoms with Crippen LogP contribution in [0, 0.1) is 32.1 Å². The smallest absolute Gasteiger partial charge is 0.274 e. The van der Waals surface area contributed by atoms with Gasteiger partial charge in [0.15, 0.2) is 0 Å². The maximum absolute atomic E-state index is 12.7. The number of nitrogens with zero attached hydrogens (tertiary/aromatic N) is 3. The highest BCUT2D eigenvalue weighted by Crippen LogP contribution is 2.19. The standard InChI is InChI=1S/C21H19N5O/c1-13-7-8-14(2)18(9-13)25-20(27)19-10-15(3)23-21(26-19)24-17-6-4-5-16(11-17)12-22/h4-11H,1-3H3,(H,25,27)(H,23,24,26). The third kappa shape index (κ3) is 4.47. The van der Waals surface area contributed by atoms with Crippen LogP contribution >= 0.6 is 0 Å². The molecule has 27 heavy (non-hydrogen) atoms. The van der Waals surface area contributed by atoms with Crippen LogP contribution in [0.1, 0.15) is 32.9 Å². The third-order valence-electron chi connectivity index (χ3n) is 3.98. The van der Waals surface area contributed by atoms with Crippen molar-refractivity contribution in [2.45, 2.75) is 20.8 Å². The summed E-state index contributed by atoms with van der Waals surface area (Å²) in [5.74, 6) is -0.000713. The summed E-state index contributed by atoms with van der Waals surface area (Å²) in [7, 11) is 0. The van der Waals surface area contributed by atoms with Gasteiger partial charge in [-0.2, -0.15) is 5.26 Å². The van der Waals surface area contributed by atoms with Gasteiger partial charge in [0.05, 0.1) is 11.6 Å². The van der Waals surface area contributed by atoms with E-state index in [1.807, 2.05) is 38.1 Å². The number of benzene rings is 2. The van der Waals surface area contributed by atoms with Crippen molar-refractivity contribution >= 4 is 23.2 Å². The summed E-state index contributed by atoms with van der Waals surface area (Å²) in [4.78, 5) is 21.3. The van der Waals surface area contributed by atoms with E-state index in [2.05, 4.69) is 26.7 Å². The molecule has 2 N–H and O–H groups in total. The highest BCUT2D eigenvalue weighted by atomic mass is 16.1. The Morgan fingerprint density at radius 2 is 1.85 bits per heavy atom. The van der Waals surface area contributed by atoms with E-state index < -0.39 is 0 Å². The van der Waals surface area contributed by atoms with Crippen LogP contribution in [0.3, 0.4) is 0 Å². The van der Waals surface area contributed by atoms with Crippen molar-refractivity contribution in [1.29, 1.82) is 5.26 Å². The molecule has 1 heterocycles. The molecule has 0 aliphatic rings. The second-order valence-electron chi connectivity index (χ2n) is 6.31. The Morgan fingerprint density at radius 1 is 1.04 bits per heavy atom. The molecule has 6 heteroatoms. The lowest BCUT2D eigenvalue weighted by Gasteiger charge is -2.11. The first-order valence-corrected chi connectivity index (χ1v) is 8.46. The fourth-order valence-electron chi connectivity index (χ4n) is 2.59. The first-order valence-electron chi connectivity index (χ1n) is 8.46. The Labute approximate surface area is 157 Å². The Bertz CT molecular complexity index is 1050. The number of carbonyl (C=O) groups is 1. The van der Waals surface area contributed by atoms with Gasteiger partial charge >= 0.3 is 0 Å². The highest BCUT2D eigenvalue weighted by molar-refractivity contribution is 6.03. The van der Waals surface area contributed by atoms with Crippen molar-refractivity contribution < 1.29 is 4.79 Å². The molecule has 2 aromatic carbocycles. The average Bonchev–Trinajstić information content (AvgIpc) is 2.64. The predicted octanol–water partition coefficient (Wildman–Crippen LogP) is 4.27. The maximum atomic E-state index is 12.7. The van der Waals surface area contributed by atoms with Crippen LogP contribution < -0.4 is 10.6 Å². The lowest BCUT2D eigenvalue weighted by Crippen LogP contribution is -2.16. The predicted molar refractivity (Wildman–Crippen MR) is 105 cm³/mol. The van der Waals surface area contributed by atoms with Crippen molar-refractivity contribution in [3.8, 4) is 6.07 Å². The number of amides is 1. The van der Waals surface area contributed by atoms with E-state index in [9.17, 15) is 4.79 Å². The summed E-state index contributed by atoms with van der Waals surface area (Å²) in [6.45, 7) is 5.71. The van der Waals surface area contributed by atoms with Crippen molar-refractivity contribution in [3.05, 3.63) is 76.6 Å². The summed E-state index contributed by atoms with van der Waals surface area (Å²) in [6, 6.07) is 16.6. The number of hydrogen-bond acceptors (Lipinski definition) is 5. The number of nitriles is 1. The van der Waals surface area contributed by atoms with E-state index in [-0.39, 0.29) is 11.6 Å². The van der Waals surface area contributed by atoms with Gasteiger partial charge in [-0.25, -0.2) is 9.97 Å². The minimum absolute atomic E-state index is 0.266. The van der Waals surface area contributed by atoms with Crippen LogP contribution in [0.15, 0.2) is 48.5 Å². The molecule has 0 aliphatic heterocycles. The van der Waals surface area contributed by atoms with E-state index in [1.54, 1.807) is 31.2 Å². The number of rotatable bonds is 4. The van der Waals surface area contributed by atoms with E-state index >= 15 is 0 Å². The molecule has 0 atom stereocenters. The second-order valence-corrected chi connectivity index (χ2v) is 6.31. The second kappa shape index (κ2) is 7.67. The van der Waals surface area contributed by atoms with Gasteiger partial charge < -0.3 is 10.6 Å². The molecule has 6 nitrogen and oxygen atoms in total. The normalized spacial score (nSPS) is 10.1. The Hall–Kier alpha value is -3.72. The summed E-state index contributed by atoms with van der Waals surface area (Å²) in [6.07, 6.45) is 0. The largest absolute Gasteiger partial charge is 0.324 e. The molecule has 3 rings (SSSR count). The zero-order chi connectivity index (χ0) is 19.4. The zero-order valence-electron chi connectivity index (χ0n) is 15.4. The minimum atomic E-state index is -0.303. The van der Waals surface area contributed by atoms with Crippen molar-refractivity contribution in [2.24, 2.45) is 0 Å². The van der Waals surface area contributed by atoms with E-state index in [1.165, 1.54) is 0 Å². The first kappa shape index (κ1) is 18.1. The summed E-state index contributed by atoms with van der Waals surface area (Å²) >= 11 is 0. The molecule has 1 amide bonds. The Morgan fingerprint density at radius 3 is 2.63 bits per heavy atom. The summed E-state index contributed by atoms with van der Waals surface area (Å²) in [5, 5.41) is 15.0. The van der Waals surface area contributed by atoms with Gasteiger partial charge in [-0.1, -0.05) is 18.2 Å². The lowest BCUT2D eigenvalue weighted by molar-refractivity contribution is 0.102. The number of hydrogen-bond donors (Lipinski definition) is 2. The Kier molecular flexibility index (Phi) is 5.13. The fourth-order valence-corrected chi connectivity index (χ4v) is 2.59. The fraction of sp³-hybridized carbons (Fsp3) is 0.143. The van der Waals surface area contributed by atoms with Gasteiger partial charge in [-0.05, 0) is 62.2 Å². The molecule has 0 saturated heterocycles. The van der Waals surface area contributed by atoms with Crippen molar-refractivity contribution in [3.63, 3.8) is 0 Å². The Balaban J connectivity index is 1.85. The van der Waals surface area contributed by atoms with Gasteiger partial charge in [0.2, 0.25) is 5.95 Å². The molecule has 0 fully saturated rings. The number of carbonyl (C=O) groups excluding carboxylic acids is 1. The number of anilines is 3. The molecule has 134 valence electrons. The van der Waals surface area contributed by atoms with Crippen molar-refractivity contribution in [1.82, 2.24) is 9.97 Å². The van der Waals surface area contributed by atoms with Crippen LogP contribution in [0.5, 0.6) is 0 Å². The molecule has 0 aliphatic carbocycles. The van der Waals surface area contributed by atoms with E-state index in [4.69, 9.17) is 5.26 Å². The molecule has 0 spiro atoms. The topological polar surface area (TPSA) is 90.7 Å². The van der Waals surface area contributed by atoms with E-state index in [0.717, 1.165) is 16.8 Å². The van der Waals surface area contributed by atoms with Crippen LogP contribution in [-0.4, -0.2) is 15.9 Å². The third-order valence-corrected chi connectivity index (χ3v) is 3.98. The SMILES string of the molecule is Cc1ccc(C)c(NC(=O)c2cc(C)nc(Nc3cccc(C#N)c3)n2)c1. The van der Waals surface area contributed by atoms with Crippen LogP contribution in [0.25, 0.3) is 0 Å². The molecule has 3 aromatic rings. The molecule has 0 unspecified atom stereocenters. The number of nitrogens with one attached hydrogen (secondary N) is 2. The number of aromatic nitrogens is 2. The molecular formula is C21H19N5O. The summed E-state index contributed by atoms with van der Waals surface area (Å²) in [5.41, 5.74) is 4.94. The first-order chi connectivity index (χ1) is 12.9. The zero-order valence-corrected chi connectivity index (χ0v) is 15.4. The quantitative estimate of drug-likeness (QED) is 0.728. The lowest BCUT2D eigenvalue weighted by atomic mass is 10.1. The molecule has 0 radical (unpaired) electrons. The van der Waals surface area contributed by atoms with Crippen LogP contribution in [0.2, 0.25) is 0 Å². The molecule has 1 aromatic heterocycles. The van der Waals surface area contributed by atoms with E-state index in [0.29, 0.717) is 22.9 Å². The monoisotopic (exact) mass is 357 g/mol. The van der Waals surface area contributed by atoms with Crippen molar-refractivity contribution in [2.75, 3.05) is 10.6 Å². The van der Waals surface area contributed by atoms with Gasteiger partial charge in [-0.3, -0.25) is 4.79 Å². The number of aryl methyl sites for hydroxylation is 3. The van der Waals surface area contributed by atoms with Crippen LogP contribution in [0.4, 0.5) is 17.3 Å². The average molecular weight is 357 g/mol. The minimum Gasteiger partial charge on any atom is -0.324 e. The molecule has 0 bridgehead atoms. The van der Waals surface area contributed by atoms with Crippen LogP contribution in [-0.2, 0) is 0 Å². The van der Waals surface area contributed by atoms with Gasteiger partial charge in [0.25, 0.3) is 5.91 Å². The van der Waals surface area contributed by atoms with Gasteiger partial charge in [0.1, 0.15) is 5.69 Å². The molecular weight excluding hydrogens is 338 g/mol. The van der Waals surface area contributed by atoms with Gasteiger partial charge in [-0.15, -0.1) is 0 Å². The van der Waals surface area contributed by atoms with Gasteiger partial charge in [0, 0.05) is 17.1 Å².